The normalized spacial score (nSPS) is 10.9. The monoisotopic (exact) mass is 398 g/mol. The Labute approximate surface area is 169 Å². The van der Waals surface area contributed by atoms with E-state index in [0.717, 1.165) is 28.8 Å². The number of hydrogen-bond acceptors (Lipinski definition) is 4. The molecule has 0 saturated heterocycles. The van der Waals surface area contributed by atoms with Crippen molar-refractivity contribution < 1.29 is 9.53 Å². The number of rotatable bonds is 7. The molecule has 1 amide bonds. The molecule has 1 N–H and O–H groups in total. The zero-order chi connectivity index (χ0) is 20.1. The van der Waals surface area contributed by atoms with Crippen molar-refractivity contribution in [1.82, 2.24) is 20.1 Å². The van der Waals surface area contributed by atoms with Crippen LogP contribution in [0, 0.1) is 13.8 Å². The minimum atomic E-state index is -0.318. The number of aromatic nitrogens is 3. The standard InChI is InChI=1S/C21H23ClN4O2/c1-14-6-4-7-16(12-14)20-24-19(21(27)23-10-5-11-28-3)25-26(20)17-9-8-15(2)18(22)13-17/h4,6-9,12-13H,5,10-11H2,1-3H3,(H,23,27). The zero-order valence-corrected chi connectivity index (χ0v) is 17.0. The van der Waals surface area contributed by atoms with Gasteiger partial charge in [0.15, 0.2) is 5.82 Å². The lowest BCUT2D eigenvalue weighted by atomic mass is 10.1. The topological polar surface area (TPSA) is 69.0 Å². The third-order valence-electron chi connectivity index (χ3n) is 4.30. The molecule has 1 aromatic heterocycles. The van der Waals surface area contributed by atoms with Crippen LogP contribution in [-0.2, 0) is 4.74 Å². The van der Waals surface area contributed by atoms with Crippen LogP contribution in [0.25, 0.3) is 17.1 Å². The van der Waals surface area contributed by atoms with Crippen LogP contribution in [0.5, 0.6) is 0 Å². The molecule has 0 spiro atoms. The van der Waals surface area contributed by atoms with Crippen molar-refractivity contribution >= 4 is 17.5 Å². The maximum absolute atomic E-state index is 12.5. The van der Waals surface area contributed by atoms with Crippen molar-refractivity contribution in [3.05, 3.63) is 64.4 Å². The van der Waals surface area contributed by atoms with Crippen LogP contribution in [-0.4, -0.2) is 40.9 Å². The molecular formula is C21H23ClN4O2. The number of methoxy groups -OCH3 is 1. The highest BCUT2D eigenvalue weighted by molar-refractivity contribution is 6.31. The minimum Gasteiger partial charge on any atom is -0.385 e. The third kappa shape index (κ3) is 4.58. The summed E-state index contributed by atoms with van der Waals surface area (Å²) in [5.74, 6) is 0.387. The van der Waals surface area contributed by atoms with E-state index in [4.69, 9.17) is 16.3 Å². The van der Waals surface area contributed by atoms with E-state index in [0.29, 0.717) is 24.0 Å². The van der Waals surface area contributed by atoms with E-state index < -0.39 is 0 Å². The van der Waals surface area contributed by atoms with Crippen molar-refractivity contribution in [2.75, 3.05) is 20.3 Å². The predicted octanol–water partition coefficient (Wildman–Crippen LogP) is 3.97. The molecule has 0 radical (unpaired) electrons. The summed E-state index contributed by atoms with van der Waals surface area (Å²) in [7, 11) is 1.63. The fraction of sp³-hybridized carbons (Fsp3) is 0.286. The fourth-order valence-corrected chi connectivity index (χ4v) is 2.95. The SMILES string of the molecule is COCCCNC(=O)c1nc(-c2cccc(C)c2)n(-c2ccc(C)c(Cl)c2)n1. The molecule has 2 aromatic carbocycles. The second-order valence-electron chi connectivity index (χ2n) is 6.58. The largest absolute Gasteiger partial charge is 0.385 e. The number of nitrogens with zero attached hydrogens (tertiary/aromatic N) is 3. The Morgan fingerprint density at radius 1 is 1.21 bits per heavy atom. The molecule has 0 atom stereocenters. The van der Waals surface area contributed by atoms with E-state index >= 15 is 0 Å². The van der Waals surface area contributed by atoms with Crippen molar-refractivity contribution in [2.24, 2.45) is 0 Å². The summed E-state index contributed by atoms with van der Waals surface area (Å²) >= 11 is 6.30. The molecule has 7 heteroatoms. The average Bonchev–Trinajstić information content (AvgIpc) is 3.13. The Morgan fingerprint density at radius 3 is 2.75 bits per heavy atom. The first-order chi connectivity index (χ1) is 13.5. The fourth-order valence-electron chi connectivity index (χ4n) is 2.77. The molecule has 6 nitrogen and oxygen atoms in total. The number of carbonyl (C=O) groups excluding carboxylic acids is 1. The number of carbonyl (C=O) groups is 1. The van der Waals surface area contributed by atoms with Gasteiger partial charge in [-0.05, 0) is 44.0 Å². The van der Waals surface area contributed by atoms with Crippen LogP contribution in [0.4, 0.5) is 0 Å². The van der Waals surface area contributed by atoms with Gasteiger partial charge in [-0.15, -0.1) is 5.10 Å². The third-order valence-corrected chi connectivity index (χ3v) is 4.70. The number of hydrogen-bond donors (Lipinski definition) is 1. The van der Waals surface area contributed by atoms with Gasteiger partial charge in [-0.1, -0.05) is 41.4 Å². The highest BCUT2D eigenvalue weighted by Gasteiger charge is 2.19. The second kappa shape index (κ2) is 8.99. The van der Waals surface area contributed by atoms with Crippen LogP contribution in [0.1, 0.15) is 28.2 Å². The molecule has 0 bridgehead atoms. The zero-order valence-electron chi connectivity index (χ0n) is 16.2. The van der Waals surface area contributed by atoms with Gasteiger partial charge >= 0.3 is 0 Å². The van der Waals surface area contributed by atoms with E-state index in [1.165, 1.54) is 0 Å². The molecule has 0 aliphatic carbocycles. The average molecular weight is 399 g/mol. The molecule has 0 unspecified atom stereocenters. The van der Waals surface area contributed by atoms with E-state index in [1.54, 1.807) is 11.8 Å². The highest BCUT2D eigenvalue weighted by atomic mass is 35.5. The van der Waals surface area contributed by atoms with Gasteiger partial charge < -0.3 is 10.1 Å². The quantitative estimate of drug-likeness (QED) is 0.611. The summed E-state index contributed by atoms with van der Waals surface area (Å²) in [6.45, 7) is 5.03. The van der Waals surface area contributed by atoms with Crippen molar-refractivity contribution in [3.63, 3.8) is 0 Å². The van der Waals surface area contributed by atoms with Crippen molar-refractivity contribution in [2.45, 2.75) is 20.3 Å². The summed E-state index contributed by atoms with van der Waals surface area (Å²) in [4.78, 5) is 17.0. The minimum absolute atomic E-state index is 0.116. The molecule has 0 aliphatic rings. The predicted molar refractivity (Wildman–Crippen MR) is 110 cm³/mol. The second-order valence-corrected chi connectivity index (χ2v) is 6.98. The Hall–Kier alpha value is -2.70. The molecule has 28 heavy (non-hydrogen) atoms. The summed E-state index contributed by atoms with van der Waals surface area (Å²) in [5.41, 5.74) is 3.69. The maximum Gasteiger partial charge on any atom is 0.290 e. The highest BCUT2D eigenvalue weighted by Crippen LogP contribution is 2.25. The van der Waals surface area contributed by atoms with Gasteiger partial charge in [0, 0.05) is 30.8 Å². The Bertz CT molecular complexity index is 984. The molecule has 1 heterocycles. The summed E-state index contributed by atoms with van der Waals surface area (Å²) < 4.78 is 6.66. The van der Waals surface area contributed by atoms with Gasteiger partial charge in [0.05, 0.1) is 5.69 Å². The molecule has 0 aliphatic heterocycles. The first kappa shape index (κ1) is 20.0. The van der Waals surface area contributed by atoms with Crippen molar-refractivity contribution in [1.29, 1.82) is 0 Å². The van der Waals surface area contributed by atoms with Crippen molar-refractivity contribution in [3.8, 4) is 17.1 Å². The Morgan fingerprint density at radius 2 is 2.04 bits per heavy atom. The van der Waals surface area contributed by atoms with Gasteiger partial charge in [0.1, 0.15) is 0 Å². The van der Waals surface area contributed by atoms with Gasteiger partial charge in [0.2, 0.25) is 5.82 Å². The van der Waals surface area contributed by atoms with E-state index in [1.807, 2.05) is 56.3 Å². The lowest BCUT2D eigenvalue weighted by molar-refractivity contribution is 0.0938. The first-order valence-electron chi connectivity index (χ1n) is 9.07. The number of halogens is 1. The molecule has 0 saturated carbocycles. The Kier molecular flexibility index (Phi) is 6.44. The summed E-state index contributed by atoms with van der Waals surface area (Å²) in [5, 5.41) is 7.92. The van der Waals surface area contributed by atoms with Gasteiger partial charge in [0.25, 0.3) is 5.91 Å². The lowest BCUT2D eigenvalue weighted by Gasteiger charge is -2.08. The van der Waals surface area contributed by atoms with E-state index in [2.05, 4.69) is 15.4 Å². The summed E-state index contributed by atoms with van der Waals surface area (Å²) in [6, 6.07) is 13.6. The van der Waals surface area contributed by atoms with Crippen LogP contribution in [0.15, 0.2) is 42.5 Å². The molecule has 146 valence electrons. The molecule has 3 aromatic rings. The smallest absolute Gasteiger partial charge is 0.290 e. The van der Waals surface area contributed by atoms with Gasteiger partial charge in [-0.25, -0.2) is 9.67 Å². The number of amides is 1. The molecular weight excluding hydrogens is 376 g/mol. The van der Waals surface area contributed by atoms with E-state index in [-0.39, 0.29) is 11.7 Å². The lowest BCUT2D eigenvalue weighted by Crippen LogP contribution is -2.26. The Balaban J connectivity index is 2.00. The van der Waals surface area contributed by atoms with Crippen LogP contribution in [0.3, 0.4) is 0 Å². The van der Waals surface area contributed by atoms with Crippen LogP contribution < -0.4 is 5.32 Å². The maximum atomic E-state index is 12.5. The van der Waals surface area contributed by atoms with Crippen LogP contribution in [0.2, 0.25) is 5.02 Å². The van der Waals surface area contributed by atoms with Crippen LogP contribution >= 0.6 is 11.6 Å². The summed E-state index contributed by atoms with van der Waals surface area (Å²) in [6.07, 6.45) is 0.723. The number of ether oxygens (including phenoxy) is 1. The first-order valence-corrected chi connectivity index (χ1v) is 9.45. The van der Waals surface area contributed by atoms with E-state index in [9.17, 15) is 4.79 Å². The number of benzene rings is 2. The number of nitrogens with one attached hydrogen (secondary N) is 1. The molecule has 0 fully saturated rings. The van der Waals surface area contributed by atoms with Gasteiger partial charge in [-0.2, -0.15) is 0 Å². The number of aryl methyl sites for hydroxylation is 2. The van der Waals surface area contributed by atoms with Gasteiger partial charge in [-0.3, -0.25) is 4.79 Å². The molecule has 3 rings (SSSR count).